The SMILES string of the molecule is Cc1noc(CCC(=O)NCCCc2cn[nH]c2C)n1. The van der Waals surface area contributed by atoms with Gasteiger partial charge in [-0.3, -0.25) is 9.89 Å². The Bertz CT molecular complexity index is 561. The molecule has 0 aliphatic carbocycles. The van der Waals surface area contributed by atoms with Gasteiger partial charge in [-0.05, 0) is 32.3 Å². The number of carbonyl (C=O) groups excluding carboxylic acids is 1. The van der Waals surface area contributed by atoms with Gasteiger partial charge in [0.05, 0.1) is 6.20 Å². The van der Waals surface area contributed by atoms with Crippen molar-refractivity contribution in [2.24, 2.45) is 0 Å². The molecular weight excluding hydrogens is 258 g/mol. The third kappa shape index (κ3) is 4.18. The molecule has 0 atom stereocenters. The molecule has 2 rings (SSSR count). The third-order valence-corrected chi connectivity index (χ3v) is 3.01. The highest BCUT2D eigenvalue weighted by Crippen LogP contribution is 2.05. The highest BCUT2D eigenvalue weighted by molar-refractivity contribution is 5.75. The molecular formula is C13H19N5O2. The van der Waals surface area contributed by atoms with Crippen molar-refractivity contribution in [1.29, 1.82) is 0 Å². The molecule has 0 spiro atoms. The van der Waals surface area contributed by atoms with Crippen LogP contribution < -0.4 is 5.32 Å². The van der Waals surface area contributed by atoms with Gasteiger partial charge in [0.15, 0.2) is 5.82 Å². The van der Waals surface area contributed by atoms with E-state index in [-0.39, 0.29) is 5.91 Å². The van der Waals surface area contributed by atoms with Crippen LogP contribution >= 0.6 is 0 Å². The second kappa shape index (κ2) is 6.83. The van der Waals surface area contributed by atoms with E-state index in [1.54, 1.807) is 6.92 Å². The fourth-order valence-electron chi connectivity index (χ4n) is 1.88. The molecule has 108 valence electrons. The average Bonchev–Trinajstić information content (AvgIpc) is 3.01. The minimum atomic E-state index is 0.00442. The van der Waals surface area contributed by atoms with Crippen LogP contribution in [0, 0.1) is 13.8 Å². The molecule has 1 amide bonds. The molecule has 7 heteroatoms. The second-order valence-electron chi connectivity index (χ2n) is 4.71. The zero-order valence-electron chi connectivity index (χ0n) is 11.8. The maximum Gasteiger partial charge on any atom is 0.227 e. The van der Waals surface area contributed by atoms with Gasteiger partial charge in [0.1, 0.15) is 0 Å². The highest BCUT2D eigenvalue weighted by atomic mass is 16.5. The summed E-state index contributed by atoms with van der Waals surface area (Å²) in [5.41, 5.74) is 2.28. The molecule has 2 aromatic rings. The number of rotatable bonds is 7. The van der Waals surface area contributed by atoms with E-state index in [1.165, 1.54) is 5.56 Å². The summed E-state index contributed by atoms with van der Waals surface area (Å²) in [6.07, 6.45) is 4.48. The number of hydrogen-bond donors (Lipinski definition) is 2. The van der Waals surface area contributed by atoms with E-state index >= 15 is 0 Å². The molecule has 7 nitrogen and oxygen atoms in total. The van der Waals surface area contributed by atoms with Crippen LogP contribution in [0.1, 0.15) is 35.8 Å². The molecule has 2 aromatic heterocycles. The van der Waals surface area contributed by atoms with Crippen molar-refractivity contribution in [3.05, 3.63) is 29.2 Å². The van der Waals surface area contributed by atoms with Crippen LogP contribution in [0.15, 0.2) is 10.7 Å². The molecule has 0 saturated carbocycles. The summed E-state index contributed by atoms with van der Waals surface area (Å²) in [5, 5.41) is 13.4. The average molecular weight is 277 g/mol. The van der Waals surface area contributed by atoms with Gasteiger partial charge in [0, 0.05) is 25.1 Å². The van der Waals surface area contributed by atoms with E-state index in [0.29, 0.717) is 31.1 Å². The lowest BCUT2D eigenvalue weighted by molar-refractivity contribution is -0.121. The summed E-state index contributed by atoms with van der Waals surface area (Å²) in [6, 6.07) is 0. The van der Waals surface area contributed by atoms with Crippen molar-refractivity contribution in [3.8, 4) is 0 Å². The highest BCUT2D eigenvalue weighted by Gasteiger charge is 2.07. The molecule has 0 saturated heterocycles. The van der Waals surface area contributed by atoms with Crippen LogP contribution in [0.2, 0.25) is 0 Å². The summed E-state index contributed by atoms with van der Waals surface area (Å²) < 4.78 is 4.95. The van der Waals surface area contributed by atoms with Crippen molar-refractivity contribution in [2.45, 2.75) is 39.5 Å². The predicted molar refractivity (Wildman–Crippen MR) is 72.0 cm³/mol. The summed E-state index contributed by atoms with van der Waals surface area (Å²) in [5.74, 6) is 1.10. The maximum atomic E-state index is 11.6. The smallest absolute Gasteiger partial charge is 0.227 e. The first-order valence-corrected chi connectivity index (χ1v) is 6.70. The Hall–Kier alpha value is -2.18. The van der Waals surface area contributed by atoms with Crippen LogP contribution in [0.3, 0.4) is 0 Å². The Morgan fingerprint density at radius 3 is 2.90 bits per heavy atom. The predicted octanol–water partition coefficient (Wildman–Crippen LogP) is 1.09. The van der Waals surface area contributed by atoms with Gasteiger partial charge in [-0.2, -0.15) is 10.1 Å². The Balaban J connectivity index is 1.59. The number of nitrogens with one attached hydrogen (secondary N) is 2. The molecule has 0 radical (unpaired) electrons. The van der Waals surface area contributed by atoms with Crippen LogP contribution in [0.4, 0.5) is 0 Å². The van der Waals surface area contributed by atoms with E-state index in [4.69, 9.17) is 4.52 Å². The monoisotopic (exact) mass is 277 g/mol. The van der Waals surface area contributed by atoms with Crippen LogP contribution in [-0.2, 0) is 17.6 Å². The fourth-order valence-corrected chi connectivity index (χ4v) is 1.88. The van der Waals surface area contributed by atoms with Gasteiger partial charge in [-0.15, -0.1) is 0 Å². The first-order valence-electron chi connectivity index (χ1n) is 6.70. The quantitative estimate of drug-likeness (QED) is 0.738. The van der Waals surface area contributed by atoms with Crippen LogP contribution in [0.25, 0.3) is 0 Å². The summed E-state index contributed by atoms with van der Waals surface area (Å²) in [7, 11) is 0. The number of nitrogens with zero attached hydrogens (tertiary/aromatic N) is 3. The lowest BCUT2D eigenvalue weighted by atomic mass is 10.1. The second-order valence-corrected chi connectivity index (χ2v) is 4.71. The molecule has 0 aliphatic rings. The zero-order chi connectivity index (χ0) is 14.4. The van der Waals surface area contributed by atoms with Crippen LogP contribution in [-0.4, -0.2) is 32.8 Å². The Morgan fingerprint density at radius 1 is 1.40 bits per heavy atom. The van der Waals surface area contributed by atoms with E-state index in [2.05, 4.69) is 25.7 Å². The summed E-state index contributed by atoms with van der Waals surface area (Å²) >= 11 is 0. The van der Waals surface area contributed by atoms with Crippen molar-refractivity contribution < 1.29 is 9.32 Å². The Labute approximate surface area is 117 Å². The van der Waals surface area contributed by atoms with Gasteiger partial charge in [0.2, 0.25) is 11.8 Å². The summed E-state index contributed by atoms with van der Waals surface area (Å²) in [4.78, 5) is 15.7. The van der Waals surface area contributed by atoms with E-state index in [0.717, 1.165) is 18.5 Å². The number of aromatic amines is 1. The molecule has 0 aromatic carbocycles. The number of amides is 1. The number of H-pyrrole nitrogens is 1. The van der Waals surface area contributed by atoms with Crippen molar-refractivity contribution in [3.63, 3.8) is 0 Å². The van der Waals surface area contributed by atoms with Gasteiger partial charge in [0.25, 0.3) is 0 Å². The Kier molecular flexibility index (Phi) is 4.86. The number of aromatic nitrogens is 4. The third-order valence-electron chi connectivity index (χ3n) is 3.01. The topological polar surface area (TPSA) is 96.7 Å². The van der Waals surface area contributed by atoms with Gasteiger partial charge < -0.3 is 9.84 Å². The zero-order valence-corrected chi connectivity index (χ0v) is 11.8. The number of carbonyl (C=O) groups is 1. The molecule has 0 bridgehead atoms. The van der Waals surface area contributed by atoms with E-state index in [9.17, 15) is 4.79 Å². The van der Waals surface area contributed by atoms with E-state index < -0.39 is 0 Å². The molecule has 0 fully saturated rings. The van der Waals surface area contributed by atoms with Gasteiger partial charge in [-0.1, -0.05) is 5.16 Å². The fraction of sp³-hybridized carbons (Fsp3) is 0.538. The standard InChI is InChI=1S/C13H19N5O2/c1-9-11(8-15-17-9)4-3-7-14-12(19)5-6-13-16-10(2)18-20-13/h8H,3-7H2,1-2H3,(H,14,19)(H,15,17). The molecule has 0 aliphatic heterocycles. The van der Waals surface area contributed by atoms with Crippen molar-refractivity contribution in [1.82, 2.24) is 25.7 Å². The van der Waals surface area contributed by atoms with Gasteiger partial charge >= 0.3 is 0 Å². The van der Waals surface area contributed by atoms with E-state index in [1.807, 2.05) is 13.1 Å². The molecule has 0 unspecified atom stereocenters. The van der Waals surface area contributed by atoms with Crippen LogP contribution in [0.5, 0.6) is 0 Å². The number of hydrogen-bond acceptors (Lipinski definition) is 5. The first kappa shape index (κ1) is 14.2. The normalized spacial score (nSPS) is 10.7. The largest absolute Gasteiger partial charge is 0.356 e. The first-order chi connectivity index (χ1) is 9.65. The lowest BCUT2D eigenvalue weighted by Crippen LogP contribution is -2.25. The minimum Gasteiger partial charge on any atom is -0.356 e. The summed E-state index contributed by atoms with van der Waals surface area (Å²) in [6.45, 7) is 4.41. The lowest BCUT2D eigenvalue weighted by Gasteiger charge is -2.03. The maximum absolute atomic E-state index is 11.6. The molecule has 20 heavy (non-hydrogen) atoms. The molecule has 2 heterocycles. The van der Waals surface area contributed by atoms with Gasteiger partial charge in [-0.25, -0.2) is 0 Å². The Morgan fingerprint density at radius 2 is 2.25 bits per heavy atom. The van der Waals surface area contributed by atoms with Crippen molar-refractivity contribution >= 4 is 5.91 Å². The molecule has 2 N–H and O–H groups in total. The number of aryl methyl sites for hydroxylation is 4. The minimum absolute atomic E-state index is 0.00442. The van der Waals surface area contributed by atoms with Crippen molar-refractivity contribution in [2.75, 3.05) is 6.54 Å².